The van der Waals surface area contributed by atoms with Gasteiger partial charge in [0.1, 0.15) is 17.3 Å². The molecule has 2 N–H and O–H groups in total. The lowest BCUT2D eigenvalue weighted by atomic mass is 10.3. The van der Waals surface area contributed by atoms with Crippen LogP contribution in [0.2, 0.25) is 0 Å². The van der Waals surface area contributed by atoms with Crippen LogP contribution in [-0.4, -0.2) is 57.2 Å². The molecule has 0 unspecified atom stereocenters. The fraction of sp³-hybridized carbons (Fsp3) is 0.250. The van der Waals surface area contributed by atoms with E-state index in [0.29, 0.717) is 0 Å². The van der Waals surface area contributed by atoms with Gasteiger partial charge >= 0.3 is 12.0 Å². The fourth-order valence-electron chi connectivity index (χ4n) is 1.94. The standard InChI is InChI=1S/C16H20N6O5S/c1-5-10-27-11-8-6-7-9-12(11)28(24,25)21-15(23)18-13-17-14(22(2)3)20-16(19-13)26-4/h5-9H,1,10H2,2-4H3,(H2,17,18,19,20,21,23). The molecule has 150 valence electrons. The van der Waals surface area contributed by atoms with Crippen molar-refractivity contribution in [1.29, 1.82) is 0 Å². The van der Waals surface area contributed by atoms with Gasteiger partial charge in [0.25, 0.3) is 10.0 Å². The van der Waals surface area contributed by atoms with E-state index in [1.807, 2.05) is 4.72 Å². The van der Waals surface area contributed by atoms with Crippen molar-refractivity contribution in [3.05, 3.63) is 36.9 Å². The Morgan fingerprint density at radius 2 is 1.96 bits per heavy atom. The Kier molecular flexibility index (Phi) is 6.71. The molecule has 1 aromatic heterocycles. The Morgan fingerprint density at radius 1 is 1.25 bits per heavy atom. The smallest absolute Gasteiger partial charge is 0.335 e. The van der Waals surface area contributed by atoms with E-state index >= 15 is 0 Å². The van der Waals surface area contributed by atoms with Crippen molar-refractivity contribution >= 4 is 28.0 Å². The summed E-state index contributed by atoms with van der Waals surface area (Å²) in [7, 11) is 0.501. The van der Waals surface area contributed by atoms with Gasteiger partial charge in [-0.1, -0.05) is 24.8 Å². The lowest BCUT2D eigenvalue weighted by Crippen LogP contribution is -2.35. The Morgan fingerprint density at radius 3 is 2.61 bits per heavy atom. The number of rotatable bonds is 8. The van der Waals surface area contributed by atoms with E-state index in [1.165, 1.54) is 31.4 Å². The predicted octanol–water partition coefficient (Wildman–Crippen LogP) is 1.02. The molecule has 0 saturated heterocycles. The second-order valence-corrected chi connectivity index (χ2v) is 7.10. The molecule has 0 bridgehead atoms. The quantitative estimate of drug-likeness (QED) is 0.614. The lowest BCUT2D eigenvalue weighted by Gasteiger charge is -2.13. The number of carbonyl (C=O) groups excluding carboxylic acids is 1. The second-order valence-electron chi connectivity index (χ2n) is 5.45. The van der Waals surface area contributed by atoms with E-state index in [1.54, 1.807) is 25.1 Å². The number of methoxy groups -OCH3 is 1. The Balaban J connectivity index is 2.21. The maximum atomic E-state index is 12.6. The van der Waals surface area contributed by atoms with Gasteiger partial charge in [-0.2, -0.15) is 15.0 Å². The van der Waals surface area contributed by atoms with Crippen LogP contribution in [0.25, 0.3) is 0 Å². The first kappa shape index (κ1) is 20.9. The summed E-state index contributed by atoms with van der Waals surface area (Å²) in [5.41, 5.74) is 0. The van der Waals surface area contributed by atoms with E-state index in [4.69, 9.17) is 9.47 Å². The van der Waals surface area contributed by atoms with E-state index in [9.17, 15) is 13.2 Å². The van der Waals surface area contributed by atoms with E-state index in [2.05, 4.69) is 26.8 Å². The first-order valence-corrected chi connectivity index (χ1v) is 9.39. The molecule has 0 spiro atoms. The molecule has 1 aromatic carbocycles. The van der Waals surface area contributed by atoms with Gasteiger partial charge in [-0.05, 0) is 12.1 Å². The Hall–Kier alpha value is -3.41. The summed E-state index contributed by atoms with van der Waals surface area (Å²) in [6.07, 6.45) is 1.47. The summed E-state index contributed by atoms with van der Waals surface area (Å²) in [5.74, 6) is 0.118. The number of urea groups is 1. The zero-order valence-electron chi connectivity index (χ0n) is 15.5. The summed E-state index contributed by atoms with van der Waals surface area (Å²) >= 11 is 0. The third kappa shape index (κ3) is 5.30. The fourth-order valence-corrected chi connectivity index (χ4v) is 2.99. The number of carbonyl (C=O) groups is 1. The molecule has 2 aromatic rings. The minimum Gasteiger partial charge on any atom is -0.488 e. The maximum Gasteiger partial charge on any atom is 0.335 e. The molecule has 0 atom stereocenters. The zero-order chi connectivity index (χ0) is 20.7. The normalized spacial score (nSPS) is 10.7. The molecule has 1 heterocycles. The summed E-state index contributed by atoms with van der Waals surface area (Å²) in [4.78, 5) is 25.4. The topological polar surface area (TPSA) is 136 Å². The van der Waals surface area contributed by atoms with Crippen LogP contribution in [0.3, 0.4) is 0 Å². The van der Waals surface area contributed by atoms with Crippen LogP contribution < -0.4 is 24.4 Å². The molecule has 0 aliphatic heterocycles. The SMILES string of the molecule is C=CCOc1ccccc1S(=O)(=O)NC(=O)Nc1nc(OC)nc(N(C)C)n1. The minimum absolute atomic E-state index is 0.0416. The maximum absolute atomic E-state index is 12.6. The first-order chi connectivity index (χ1) is 13.3. The van der Waals surface area contributed by atoms with Crippen LogP contribution in [0.4, 0.5) is 16.7 Å². The van der Waals surface area contributed by atoms with Gasteiger partial charge in [0.05, 0.1) is 7.11 Å². The number of hydrogen-bond acceptors (Lipinski definition) is 9. The third-order valence-corrected chi connectivity index (χ3v) is 4.50. The third-order valence-electron chi connectivity index (χ3n) is 3.13. The van der Waals surface area contributed by atoms with Crippen LogP contribution in [0.1, 0.15) is 0 Å². The summed E-state index contributed by atoms with van der Waals surface area (Å²) in [6.45, 7) is 3.62. The van der Waals surface area contributed by atoms with Crippen molar-refractivity contribution in [1.82, 2.24) is 19.7 Å². The summed E-state index contributed by atoms with van der Waals surface area (Å²) < 4.78 is 37.3. The first-order valence-electron chi connectivity index (χ1n) is 7.90. The zero-order valence-corrected chi connectivity index (χ0v) is 16.4. The second kappa shape index (κ2) is 8.99. The molecule has 11 nitrogen and oxygen atoms in total. The Bertz CT molecular complexity index is 964. The lowest BCUT2D eigenvalue weighted by molar-refractivity contribution is 0.256. The molecule has 2 rings (SSSR count). The minimum atomic E-state index is -4.22. The number of para-hydroxylation sites is 1. The van der Waals surface area contributed by atoms with Crippen LogP contribution in [-0.2, 0) is 10.0 Å². The molecule has 0 aliphatic carbocycles. The summed E-state index contributed by atoms with van der Waals surface area (Å²) in [6, 6.07) is 4.79. The Labute approximate surface area is 162 Å². The number of amides is 2. The number of ether oxygens (including phenoxy) is 2. The number of benzene rings is 1. The van der Waals surface area contributed by atoms with Crippen LogP contribution in [0.5, 0.6) is 11.8 Å². The van der Waals surface area contributed by atoms with Gasteiger partial charge in [0, 0.05) is 14.1 Å². The number of nitrogens with zero attached hydrogens (tertiary/aromatic N) is 4. The average molecular weight is 408 g/mol. The van der Waals surface area contributed by atoms with Crippen LogP contribution in [0.15, 0.2) is 41.8 Å². The number of aromatic nitrogens is 3. The molecule has 0 fully saturated rings. The largest absolute Gasteiger partial charge is 0.488 e. The van der Waals surface area contributed by atoms with Gasteiger partial charge in [0.15, 0.2) is 0 Å². The highest BCUT2D eigenvalue weighted by molar-refractivity contribution is 7.90. The molecule has 0 saturated carbocycles. The molecule has 28 heavy (non-hydrogen) atoms. The van der Waals surface area contributed by atoms with Crippen LogP contribution >= 0.6 is 0 Å². The van der Waals surface area contributed by atoms with E-state index in [-0.39, 0.29) is 35.2 Å². The number of hydrogen-bond donors (Lipinski definition) is 2. The van der Waals surface area contributed by atoms with Crippen molar-refractivity contribution in [2.45, 2.75) is 4.90 Å². The monoisotopic (exact) mass is 408 g/mol. The van der Waals surface area contributed by atoms with Crippen molar-refractivity contribution in [2.24, 2.45) is 0 Å². The van der Waals surface area contributed by atoms with Crippen molar-refractivity contribution < 1.29 is 22.7 Å². The van der Waals surface area contributed by atoms with Crippen molar-refractivity contribution in [3.8, 4) is 11.8 Å². The van der Waals surface area contributed by atoms with Gasteiger partial charge in [-0.3, -0.25) is 5.32 Å². The van der Waals surface area contributed by atoms with E-state index in [0.717, 1.165) is 0 Å². The van der Waals surface area contributed by atoms with Gasteiger partial charge in [0.2, 0.25) is 11.9 Å². The number of sulfonamides is 1. The molecule has 2 amide bonds. The molecule has 0 radical (unpaired) electrons. The molecule has 0 aliphatic rings. The highest BCUT2D eigenvalue weighted by Crippen LogP contribution is 2.23. The van der Waals surface area contributed by atoms with Gasteiger partial charge in [-0.25, -0.2) is 17.9 Å². The van der Waals surface area contributed by atoms with Gasteiger partial charge < -0.3 is 14.4 Å². The number of nitrogens with one attached hydrogen (secondary N) is 2. The van der Waals surface area contributed by atoms with E-state index < -0.39 is 16.1 Å². The van der Waals surface area contributed by atoms with Crippen molar-refractivity contribution in [3.63, 3.8) is 0 Å². The molecular weight excluding hydrogens is 388 g/mol. The van der Waals surface area contributed by atoms with Gasteiger partial charge in [-0.15, -0.1) is 0 Å². The highest BCUT2D eigenvalue weighted by atomic mass is 32.2. The van der Waals surface area contributed by atoms with Crippen molar-refractivity contribution in [2.75, 3.05) is 38.0 Å². The number of anilines is 2. The average Bonchev–Trinajstić information content (AvgIpc) is 2.65. The molecular formula is C16H20N6O5S. The molecule has 12 heteroatoms. The highest BCUT2D eigenvalue weighted by Gasteiger charge is 2.23. The van der Waals surface area contributed by atoms with Crippen LogP contribution in [0, 0.1) is 0 Å². The predicted molar refractivity (Wildman–Crippen MR) is 102 cm³/mol. The summed E-state index contributed by atoms with van der Waals surface area (Å²) in [5, 5.41) is 2.25.